The van der Waals surface area contributed by atoms with E-state index in [-0.39, 0.29) is 5.41 Å². The molecule has 0 unspecified atom stereocenters. The summed E-state index contributed by atoms with van der Waals surface area (Å²) in [5.41, 5.74) is 7.27. The fraction of sp³-hybridized carbons (Fsp3) is 0.435. The summed E-state index contributed by atoms with van der Waals surface area (Å²) in [5.74, 6) is 0. The van der Waals surface area contributed by atoms with Crippen molar-refractivity contribution in [1.82, 2.24) is 19.2 Å². The Morgan fingerprint density at radius 2 is 2.07 bits per heavy atom. The summed E-state index contributed by atoms with van der Waals surface area (Å²) in [5, 5.41) is 5.93. The van der Waals surface area contributed by atoms with Crippen LogP contribution >= 0.6 is 0 Å². The van der Waals surface area contributed by atoms with Gasteiger partial charge in [-0.05, 0) is 56.0 Å². The number of para-hydroxylation sites is 1. The first-order valence-electron chi connectivity index (χ1n) is 10.3. The van der Waals surface area contributed by atoms with E-state index in [4.69, 9.17) is 0 Å². The molecule has 2 aromatic heterocycles. The lowest BCUT2D eigenvalue weighted by Gasteiger charge is -2.53. The fourth-order valence-electron chi connectivity index (χ4n) is 6.09. The Hall–Kier alpha value is -2.33. The average molecular weight is 358 g/mol. The van der Waals surface area contributed by atoms with E-state index in [0.717, 1.165) is 6.42 Å². The monoisotopic (exact) mass is 358 g/mol. The predicted octanol–water partition coefficient (Wildman–Crippen LogP) is 4.37. The normalized spacial score (nSPS) is 26.9. The smallest absolute Gasteiger partial charge is 0.0843 e. The molecule has 3 aliphatic rings. The first-order chi connectivity index (χ1) is 13.2. The molecule has 4 nitrogen and oxygen atoms in total. The highest BCUT2D eigenvalue weighted by Crippen LogP contribution is 2.57. The second kappa shape index (κ2) is 5.35. The van der Waals surface area contributed by atoms with Crippen molar-refractivity contribution in [3.05, 3.63) is 59.6 Å². The van der Waals surface area contributed by atoms with E-state index in [0.29, 0.717) is 6.04 Å². The first kappa shape index (κ1) is 15.7. The van der Waals surface area contributed by atoms with Gasteiger partial charge < -0.3 is 4.57 Å². The molecule has 3 aliphatic heterocycles. The molecule has 0 bridgehead atoms. The van der Waals surface area contributed by atoms with Gasteiger partial charge in [-0.25, -0.2) is 0 Å². The maximum absolute atomic E-state index is 4.49. The SMILES string of the molecule is CC[C@@]12C=C(c3ccnn3C)n3c4c(c5ccccc53)CCN(CCC1)[C@H]42. The van der Waals surface area contributed by atoms with Crippen LogP contribution in [-0.2, 0) is 13.5 Å². The van der Waals surface area contributed by atoms with E-state index < -0.39 is 0 Å². The Morgan fingerprint density at radius 3 is 2.89 bits per heavy atom. The van der Waals surface area contributed by atoms with Crippen molar-refractivity contribution in [2.45, 2.75) is 38.6 Å². The number of hydrogen-bond donors (Lipinski definition) is 0. The third-order valence-corrected chi connectivity index (χ3v) is 7.33. The minimum atomic E-state index is 0.234. The van der Waals surface area contributed by atoms with Crippen LogP contribution in [0.4, 0.5) is 0 Å². The number of aromatic nitrogens is 3. The molecule has 138 valence electrons. The van der Waals surface area contributed by atoms with Gasteiger partial charge in [-0.1, -0.05) is 25.1 Å². The lowest BCUT2D eigenvalue weighted by atomic mass is 9.66. The summed E-state index contributed by atoms with van der Waals surface area (Å²) >= 11 is 0. The van der Waals surface area contributed by atoms with Crippen LogP contribution in [0.25, 0.3) is 16.6 Å². The Morgan fingerprint density at radius 1 is 1.19 bits per heavy atom. The predicted molar refractivity (Wildman–Crippen MR) is 108 cm³/mol. The molecular weight excluding hydrogens is 332 g/mol. The molecule has 1 saturated heterocycles. The van der Waals surface area contributed by atoms with E-state index >= 15 is 0 Å². The molecule has 4 heteroatoms. The van der Waals surface area contributed by atoms with Crippen LogP contribution in [0.3, 0.4) is 0 Å². The molecule has 2 atom stereocenters. The number of piperidine rings is 1. The second-order valence-electron chi connectivity index (χ2n) is 8.46. The Kier molecular flexibility index (Phi) is 3.11. The van der Waals surface area contributed by atoms with Gasteiger partial charge in [0.2, 0.25) is 0 Å². The van der Waals surface area contributed by atoms with Crippen molar-refractivity contribution in [1.29, 1.82) is 0 Å². The highest BCUT2D eigenvalue weighted by atomic mass is 15.3. The molecule has 0 spiro atoms. The van der Waals surface area contributed by atoms with E-state index in [9.17, 15) is 0 Å². The van der Waals surface area contributed by atoms with Gasteiger partial charge in [0.1, 0.15) is 0 Å². The molecule has 0 saturated carbocycles. The van der Waals surface area contributed by atoms with Gasteiger partial charge >= 0.3 is 0 Å². The molecule has 0 radical (unpaired) electrons. The van der Waals surface area contributed by atoms with Gasteiger partial charge in [0.25, 0.3) is 0 Å². The highest BCUT2D eigenvalue weighted by Gasteiger charge is 2.50. The van der Waals surface area contributed by atoms with Crippen molar-refractivity contribution < 1.29 is 0 Å². The second-order valence-corrected chi connectivity index (χ2v) is 8.46. The largest absolute Gasteiger partial charge is 0.310 e. The summed E-state index contributed by atoms with van der Waals surface area (Å²) in [6.07, 6.45) is 9.47. The van der Waals surface area contributed by atoms with Gasteiger partial charge in [-0.2, -0.15) is 5.10 Å². The van der Waals surface area contributed by atoms with E-state index in [2.05, 4.69) is 64.9 Å². The van der Waals surface area contributed by atoms with E-state index in [1.165, 1.54) is 54.6 Å². The number of fused-ring (bicyclic) bond motifs is 3. The van der Waals surface area contributed by atoms with Crippen LogP contribution in [0.1, 0.15) is 49.2 Å². The van der Waals surface area contributed by atoms with E-state index in [1.54, 1.807) is 11.3 Å². The molecule has 3 aromatic rings. The molecule has 0 amide bonds. The maximum atomic E-state index is 4.49. The van der Waals surface area contributed by atoms with Crippen LogP contribution in [0, 0.1) is 5.41 Å². The molecule has 1 aromatic carbocycles. The summed E-state index contributed by atoms with van der Waals surface area (Å²) in [6.45, 7) is 4.82. The number of hydrogen-bond acceptors (Lipinski definition) is 2. The Bertz CT molecular complexity index is 1090. The average Bonchev–Trinajstić information content (AvgIpc) is 3.28. The van der Waals surface area contributed by atoms with E-state index in [1.807, 2.05) is 10.9 Å². The number of aryl methyl sites for hydroxylation is 1. The fourth-order valence-corrected chi connectivity index (χ4v) is 6.09. The molecule has 0 aliphatic carbocycles. The minimum Gasteiger partial charge on any atom is -0.310 e. The Labute approximate surface area is 160 Å². The molecule has 6 rings (SSSR count). The van der Waals surface area contributed by atoms with Crippen molar-refractivity contribution in [2.24, 2.45) is 12.5 Å². The molecule has 0 N–H and O–H groups in total. The van der Waals surface area contributed by atoms with Crippen LogP contribution in [-0.4, -0.2) is 32.3 Å². The van der Waals surface area contributed by atoms with Gasteiger partial charge in [0.15, 0.2) is 0 Å². The third kappa shape index (κ3) is 1.89. The van der Waals surface area contributed by atoms with Gasteiger partial charge in [-0.3, -0.25) is 9.58 Å². The van der Waals surface area contributed by atoms with Crippen LogP contribution < -0.4 is 0 Å². The summed E-state index contributed by atoms with van der Waals surface area (Å²) in [4.78, 5) is 2.77. The quantitative estimate of drug-likeness (QED) is 0.680. The summed E-state index contributed by atoms with van der Waals surface area (Å²) in [6, 6.07) is 11.7. The highest BCUT2D eigenvalue weighted by molar-refractivity contribution is 5.91. The van der Waals surface area contributed by atoms with Crippen molar-refractivity contribution in [3.8, 4) is 0 Å². The van der Waals surface area contributed by atoms with Crippen molar-refractivity contribution in [2.75, 3.05) is 13.1 Å². The molecule has 5 heterocycles. The topological polar surface area (TPSA) is 26.0 Å². The van der Waals surface area contributed by atoms with Gasteiger partial charge in [-0.15, -0.1) is 0 Å². The lowest BCUT2D eigenvalue weighted by molar-refractivity contribution is 0.0271. The molecule has 1 fully saturated rings. The number of rotatable bonds is 2. The lowest BCUT2D eigenvalue weighted by Crippen LogP contribution is -2.50. The maximum Gasteiger partial charge on any atom is 0.0843 e. The Balaban J connectivity index is 1.75. The van der Waals surface area contributed by atoms with Crippen LogP contribution in [0.5, 0.6) is 0 Å². The van der Waals surface area contributed by atoms with Gasteiger partial charge in [0, 0.05) is 36.3 Å². The molecular formula is C23H26N4. The standard InChI is InChI=1S/C23H26N4/c1-3-23-11-6-13-26-14-10-17-16-7-4-5-8-18(16)27(21(17)22(23)26)20(15-23)19-9-12-24-25(19)2/h4-5,7-9,12,15,22H,3,6,10-11,13-14H2,1-2H3/t22-,23+/m1/s1. The summed E-state index contributed by atoms with van der Waals surface area (Å²) < 4.78 is 4.60. The number of benzene rings is 1. The molecule has 27 heavy (non-hydrogen) atoms. The van der Waals surface area contributed by atoms with Crippen LogP contribution in [0.2, 0.25) is 0 Å². The summed E-state index contributed by atoms with van der Waals surface area (Å²) in [7, 11) is 2.06. The first-order valence-corrected chi connectivity index (χ1v) is 10.3. The van der Waals surface area contributed by atoms with Crippen LogP contribution in [0.15, 0.2) is 42.6 Å². The minimum absolute atomic E-state index is 0.234. The zero-order valence-corrected chi connectivity index (χ0v) is 16.2. The van der Waals surface area contributed by atoms with Gasteiger partial charge in [0.05, 0.1) is 22.9 Å². The van der Waals surface area contributed by atoms with Crippen molar-refractivity contribution in [3.63, 3.8) is 0 Å². The zero-order chi connectivity index (χ0) is 18.2. The third-order valence-electron chi connectivity index (χ3n) is 7.33. The van der Waals surface area contributed by atoms with Crippen molar-refractivity contribution >= 4 is 16.6 Å². The number of nitrogens with zero attached hydrogens (tertiary/aromatic N) is 4. The zero-order valence-electron chi connectivity index (χ0n) is 16.2.